The molecular weight excluding hydrogens is 812 g/mol. The molecule has 1 aromatic rings. The number of esters is 2. The zero-order chi connectivity index (χ0) is 45.6. The van der Waals surface area contributed by atoms with Gasteiger partial charge in [-0.3, -0.25) is 0 Å². The van der Waals surface area contributed by atoms with Gasteiger partial charge in [-0.15, -0.1) is 0 Å². The molecule has 0 aliphatic carbocycles. The van der Waals surface area contributed by atoms with Crippen LogP contribution in [0.1, 0.15) is 82.4 Å². The number of carbonyl (C=O) groups is 2. The zero-order valence-electron chi connectivity index (χ0n) is 35.1. The van der Waals surface area contributed by atoms with Gasteiger partial charge in [0, 0.05) is 23.8 Å². The number of benzene rings is 1. The molecule has 12 unspecified atom stereocenters. The second-order valence-corrected chi connectivity index (χ2v) is 14.9. The number of aliphatic hydroxyl groups excluding tert-OH is 8. The van der Waals surface area contributed by atoms with E-state index in [4.69, 9.17) is 23.7 Å². The Morgan fingerprint density at radius 1 is 0.806 bits per heavy atom. The Morgan fingerprint density at radius 3 is 2.19 bits per heavy atom. The summed E-state index contributed by atoms with van der Waals surface area (Å²) >= 11 is 0. The van der Waals surface area contributed by atoms with Crippen LogP contribution in [0.4, 0.5) is 0 Å². The van der Waals surface area contributed by atoms with E-state index in [1.165, 1.54) is 18.2 Å². The Bertz CT molecular complexity index is 1690. The molecule has 0 spiro atoms. The topological polar surface area (TPSA) is 283 Å². The van der Waals surface area contributed by atoms with Crippen molar-refractivity contribution in [2.45, 2.75) is 145 Å². The minimum atomic E-state index is -1.91. The minimum absolute atomic E-state index is 0.0666. The first-order valence-electron chi connectivity index (χ1n) is 20.9. The van der Waals surface area contributed by atoms with Crippen LogP contribution in [0.25, 0.3) is 0 Å². The second kappa shape index (κ2) is 27.7. The lowest BCUT2D eigenvalue weighted by atomic mass is 9.88. The number of ether oxygens (including phenoxy) is 5. The van der Waals surface area contributed by atoms with E-state index in [2.05, 4.69) is 6.92 Å². The standard InChI is InChI=1S/C45H64O17/c1-3-5-6-7-8-9-14-19-30(49)20-15-12-17-22-36(54)60-44-40(57)43(37-28(25-46)23-31(50)24-32(37)51)59-34(26-47)42(44)62-45-39(56)38(55)41(61-45)33(52)27-58-35(53)21-16-11-10-13-18-29(48)4-2/h8-12,14-17,19,21-24,29-30,33-34,38-52,55-57H,3-7,13,18,20,25-27H2,1-2H3/b9-8+,11-10-,15-12+,19-14+,21-16+,22-17+. The molecule has 346 valence electrons. The van der Waals surface area contributed by atoms with Crippen molar-refractivity contribution in [1.29, 1.82) is 0 Å². The van der Waals surface area contributed by atoms with Gasteiger partial charge >= 0.3 is 11.9 Å². The molecule has 0 saturated carbocycles. The van der Waals surface area contributed by atoms with E-state index in [-0.39, 0.29) is 17.5 Å². The number of hydrogen-bond acceptors (Lipinski definition) is 17. The van der Waals surface area contributed by atoms with Gasteiger partial charge in [0.15, 0.2) is 12.4 Å². The van der Waals surface area contributed by atoms with Crippen molar-refractivity contribution >= 4 is 11.9 Å². The molecule has 17 heteroatoms. The van der Waals surface area contributed by atoms with Crippen LogP contribution in [0.2, 0.25) is 0 Å². The van der Waals surface area contributed by atoms with Crippen molar-refractivity contribution in [2.24, 2.45) is 0 Å². The predicted octanol–water partition coefficient (Wildman–Crippen LogP) is 2.25. The molecule has 0 amide bonds. The van der Waals surface area contributed by atoms with Crippen molar-refractivity contribution in [3.05, 3.63) is 96.2 Å². The van der Waals surface area contributed by atoms with Gasteiger partial charge in [-0.1, -0.05) is 87.4 Å². The first-order valence-corrected chi connectivity index (χ1v) is 20.9. The average molecular weight is 877 g/mol. The third-order valence-electron chi connectivity index (χ3n) is 10.1. The largest absolute Gasteiger partial charge is 0.508 e. The van der Waals surface area contributed by atoms with Crippen LogP contribution in [0.3, 0.4) is 0 Å². The Balaban J connectivity index is 1.74. The van der Waals surface area contributed by atoms with Gasteiger partial charge in [-0.25, -0.2) is 9.59 Å². The van der Waals surface area contributed by atoms with Gasteiger partial charge in [0.1, 0.15) is 66.9 Å². The van der Waals surface area contributed by atoms with Crippen LogP contribution in [0, 0.1) is 0 Å². The summed E-state index contributed by atoms with van der Waals surface area (Å²) in [6, 6.07) is 2.04. The van der Waals surface area contributed by atoms with Crippen molar-refractivity contribution in [3.8, 4) is 11.5 Å². The molecule has 2 aliphatic heterocycles. The normalized spacial score (nSPS) is 27.4. The number of aromatic hydroxyl groups is 2. The number of phenols is 2. The number of hydrogen-bond donors (Lipinski definition) is 10. The summed E-state index contributed by atoms with van der Waals surface area (Å²) in [4.78, 5) is 25.4. The molecule has 0 aromatic heterocycles. The van der Waals surface area contributed by atoms with Crippen molar-refractivity contribution in [1.82, 2.24) is 0 Å². The third kappa shape index (κ3) is 16.5. The Hall–Kier alpha value is -4.24. The monoisotopic (exact) mass is 876 g/mol. The van der Waals surface area contributed by atoms with Crippen molar-refractivity contribution in [3.63, 3.8) is 0 Å². The van der Waals surface area contributed by atoms with Gasteiger partial charge in [-0.2, -0.15) is 0 Å². The maximum atomic E-state index is 13.2. The maximum absolute atomic E-state index is 13.2. The van der Waals surface area contributed by atoms with Crippen LogP contribution < -0.4 is 0 Å². The molecule has 62 heavy (non-hydrogen) atoms. The summed E-state index contributed by atoms with van der Waals surface area (Å²) in [5.74, 6) is -2.88. The van der Waals surface area contributed by atoms with E-state index in [0.29, 0.717) is 19.3 Å². The number of carbonyl (C=O) groups excluding carboxylic acids is 2. The first-order chi connectivity index (χ1) is 29.8. The molecule has 17 nitrogen and oxygen atoms in total. The van der Waals surface area contributed by atoms with Gasteiger partial charge < -0.3 is 74.7 Å². The molecule has 10 N–H and O–H groups in total. The summed E-state index contributed by atoms with van der Waals surface area (Å²) in [5, 5.41) is 105. The number of allylic oxidation sites excluding steroid dienone is 8. The third-order valence-corrected chi connectivity index (χ3v) is 10.1. The molecule has 0 bridgehead atoms. The smallest absolute Gasteiger partial charge is 0.331 e. The fourth-order valence-corrected chi connectivity index (χ4v) is 6.68. The van der Waals surface area contributed by atoms with Crippen LogP contribution in [0.15, 0.2) is 85.0 Å². The summed E-state index contributed by atoms with van der Waals surface area (Å²) in [7, 11) is 0. The molecule has 3 rings (SSSR count). The highest BCUT2D eigenvalue weighted by atomic mass is 16.7. The maximum Gasteiger partial charge on any atom is 0.331 e. The van der Waals surface area contributed by atoms with Crippen molar-refractivity contribution < 1.29 is 84.3 Å². The molecule has 2 fully saturated rings. The summed E-state index contributed by atoms with van der Waals surface area (Å²) in [6.07, 6.45) is 6.51. The molecular formula is C45H64O17. The fraction of sp³-hybridized carbons (Fsp3) is 0.556. The second-order valence-electron chi connectivity index (χ2n) is 14.9. The van der Waals surface area contributed by atoms with Crippen molar-refractivity contribution in [2.75, 3.05) is 13.2 Å². The van der Waals surface area contributed by atoms with E-state index in [0.717, 1.165) is 50.0 Å². The number of unbranched alkanes of at least 4 members (excludes halogenated alkanes) is 3. The highest BCUT2D eigenvalue weighted by Crippen LogP contribution is 2.42. The van der Waals surface area contributed by atoms with Gasteiger partial charge in [0.25, 0.3) is 0 Å². The zero-order valence-corrected chi connectivity index (χ0v) is 35.1. The van der Waals surface area contributed by atoms with Gasteiger partial charge in [0.05, 0.1) is 25.4 Å². The first kappa shape index (κ1) is 52.1. The van der Waals surface area contributed by atoms with E-state index in [9.17, 15) is 60.7 Å². The molecule has 0 radical (unpaired) electrons. The number of rotatable bonds is 25. The van der Waals surface area contributed by atoms with E-state index >= 15 is 0 Å². The number of phenolic OH excluding ortho intramolecular Hbond substituents is 2. The quantitative estimate of drug-likeness (QED) is 0.0292. The molecule has 2 saturated heterocycles. The molecule has 2 aliphatic rings. The van der Waals surface area contributed by atoms with E-state index in [1.54, 1.807) is 30.4 Å². The highest BCUT2D eigenvalue weighted by molar-refractivity contribution is 5.82. The highest BCUT2D eigenvalue weighted by Gasteiger charge is 2.54. The predicted molar refractivity (Wildman–Crippen MR) is 224 cm³/mol. The molecule has 1 aromatic carbocycles. The van der Waals surface area contributed by atoms with Gasteiger partial charge in [-0.05, 0) is 50.2 Å². The molecule has 2 heterocycles. The van der Waals surface area contributed by atoms with Crippen LogP contribution in [0.5, 0.6) is 11.5 Å². The molecule has 12 atom stereocenters. The summed E-state index contributed by atoms with van der Waals surface area (Å²) < 4.78 is 28.2. The lowest BCUT2D eigenvalue weighted by Crippen LogP contribution is -2.59. The SMILES string of the molecule is CCCCC/C=C/C=C/C(O)C/C=C/C=C/C(=O)OC1C(O)C(c2c(O)cc(O)cc2CO)OC(CO)C1OC1OC(C(O)COC(=O)/C=C/C=C\CCC(O)CC)C(O)C1O. The van der Waals surface area contributed by atoms with Crippen LogP contribution in [-0.4, -0.2) is 144 Å². The summed E-state index contributed by atoms with van der Waals surface area (Å²) in [5.41, 5.74) is -0.264. The Kier molecular flexibility index (Phi) is 23.3. The van der Waals surface area contributed by atoms with Crippen LogP contribution in [-0.2, 0) is 39.9 Å². The summed E-state index contributed by atoms with van der Waals surface area (Å²) in [6.45, 7) is 1.73. The minimum Gasteiger partial charge on any atom is -0.508 e. The van der Waals surface area contributed by atoms with E-state index < -0.39 is 117 Å². The fourth-order valence-electron chi connectivity index (χ4n) is 6.68. The Morgan fingerprint density at radius 2 is 1.50 bits per heavy atom. The Labute approximate surface area is 361 Å². The lowest BCUT2D eigenvalue weighted by Gasteiger charge is -2.44. The average Bonchev–Trinajstić information content (AvgIpc) is 3.53. The van der Waals surface area contributed by atoms with Crippen LogP contribution >= 0.6 is 0 Å². The number of aliphatic hydroxyl groups is 8. The van der Waals surface area contributed by atoms with Gasteiger partial charge in [0.2, 0.25) is 0 Å². The van der Waals surface area contributed by atoms with E-state index in [1.807, 2.05) is 19.1 Å². The lowest BCUT2D eigenvalue weighted by molar-refractivity contribution is -0.294.